The molecule has 6 nitrogen and oxygen atoms in total. The van der Waals surface area contributed by atoms with Crippen LogP contribution in [0.5, 0.6) is 0 Å². The number of halogens is 1. The molecule has 0 spiro atoms. The molecule has 0 radical (unpaired) electrons. The molecule has 114 valence electrons. The number of hydrogen-bond acceptors (Lipinski definition) is 4. The lowest BCUT2D eigenvalue weighted by Gasteiger charge is -2.29. The van der Waals surface area contributed by atoms with Gasteiger partial charge in [0.15, 0.2) is 0 Å². The predicted octanol–water partition coefficient (Wildman–Crippen LogP) is 1.59. The summed E-state index contributed by atoms with van der Waals surface area (Å²) in [5, 5.41) is 9.22. The quantitative estimate of drug-likeness (QED) is 0.799. The second-order valence-electron chi connectivity index (χ2n) is 4.91. The van der Waals surface area contributed by atoms with E-state index in [2.05, 4.69) is 15.9 Å². The molecule has 3 N–H and O–H groups in total. The van der Waals surface area contributed by atoms with Crippen molar-refractivity contribution >= 4 is 33.5 Å². The summed E-state index contributed by atoms with van der Waals surface area (Å²) in [4.78, 5) is 25.4. The van der Waals surface area contributed by atoms with E-state index < -0.39 is 17.9 Å². The minimum absolute atomic E-state index is 0.129. The van der Waals surface area contributed by atoms with Crippen molar-refractivity contribution in [2.24, 2.45) is 5.92 Å². The summed E-state index contributed by atoms with van der Waals surface area (Å²) in [6.07, 6.45) is 0. The lowest BCUT2D eigenvalue weighted by atomic mass is 10.0. The van der Waals surface area contributed by atoms with Gasteiger partial charge in [-0.2, -0.15) is 0 Å². The fourth-order valence-corrected chi connectivity index (χ4v) is 3.03. The lowest BCUT2D eigenvalue weighted by molar-refractivity contribution is -0.142. The summed E-state index contributed by atoms with van der Waals surface area (Å²) in [6, 6.07) is 4.50. The van der Waals surface area contributed by atoms with Gasteiger partial charge >= 0.3 is 5.97 Å². The molecule has 1 amide bonds. The van der Waals surface area contributed by atoms with Crippen LogP contribution in [0, 0.1) is 5.92 Å². The zero-order valence-electron chi connectivity index (χ0n) is 11.6. The molecular weight excluding hydrogens is 340 g/mol. The summed E-state index contributed by atoms with van der Waals surface area (Å²) in [6.45, 7) is 2.59. The van der Waals surface area contributed by atoms with Gasteiger partial charge in [-0.1, -0.05) is 15.9 Å². The van der Waals surface area contributed by atoms with E-state index in [0.717, 1.165) is 0 Å². The second kappa shape index (κ2) is 6.44. The van der Waals surface area contributed by atoms with Crippen molar-refractivity contribution in [1.82, 2.24) is 4.90 Å². The van der Waals surface area contributed by atoms with E-state index in [0.29, 0.717) is 22.3 Å². The van der Waals surface area contributed by atoms with Crippen LogP contribution in [0.1, 0.15) is 17.3 Å². The number of aliphatic carboxylic acids is 1. The number of carboxylic acid groups (broad SMARTS) is 1. The average Bonchev–Trinajstić information content (AvgIpc) is 2.87. The maximum Gasteiger partial charge on any atom is 0.311 e. The Hall–Kier alpha value is -1.60. The molecule has 1 aliphatic heterocycles. The number of ether oxygens (including phenoxy) is 1. The summed E-state index contributed by atoms with van der Waals surface area (Å²) >= 11 is 3.30. The lowest BCUT2D eigenvalue weighted by Crippen LogP contribution is -2.46. The van der Waals surface area contributed by atoms with Crippen molar-refractivity contribution < 1.29 is 19.4 Å². The highest BCUT2D eigenvalue weighted by molar-refractivity contribution is 9.10. The Labute approximate surface area is 131 Å². The van der Waals surface area contributed by atoms with Gasteiger partial charge < -0.3 is 20.5 Å². The van der Waals surface area contributed by atoms with Crippen molar-refractivity contribution in [3.63, 3.8) is 0 Å². The van der Waals surface area contributed by atoms with Crippen molar-refractivity contribution in [2.75, 3.05) is 25.5 Å². The molecule has 21 heavy (non-hydrogen) atoms. The number of anilines is 1. The van der Waals surface area contributed by atoms with E-state index in [9.17, 15) is 14.7 Å². The van der Waals surface area contributed by atoms with Crippen LogP contribution in [0.25, 0.3) is 0 Å². The van der Waals surface area contributed by atoms with Gasteiger partial charge in [-0.05, 0) is 25.1 Å². The van der Waals surface area contributed by atoms with Crippen molar-refractivity contribution in [3.8, 4) is 0 Å². The topological polar surface area (TPSA) is 92.9 Å². The third-order valence-corrected chi connectivity index (χ3v) is 3.99. The Morgan fingerprint density at radius 2 is 2.14 bits per heavy atom. The maximum absolute atomic E-state index is 12.6. The Morgan fingerprint density at radius 1 is 1.43 bits per heavy atom. The van der Waals surface area contributed by atoms with Gasteiger partial charge in [0.25, 0.3) is 5.91 Å². The van der Waals surface area contributed by atoms with Gasteiger partial charge in [0.2, 0.25) is 0 Å². The van der Waals surface area contributed by atoms with Crippen LogP contribution in [-0.4, -0.2) is 47.7 Å². The van der Waals surface area contributed by atoms with Crippen LogP contribution < -0.4 is 5.73 Å². The highest BCUT2D eigenvalue weighted by atomic mass is 79.9. The molecule has 1 aromatic rings. The molecule has 1 fully saturated rings. The van der Waals surface area contributed by atoms with Crippen LogP contribution in [0.3, 0.4) is 0 Å². The van der Waals surface area contributed by atoms with E-state index in [1.807, 2.05) is 6.92 Å². The number of carboxylic acids is 1. The minimum atomic E-state index is -0.947. The van der Waals surface area contributed by atoms with Crippen LogP contribution in [0.2, 0.25) is 0 Å². The predicted molar refractivity (Wildman–Crippen MR) is 81.0 cm³/mol. The third kappa shape index (κ3) is 3.36. The van der Waals surface area contributed by atoms with Gasteiger partial charge in [0.1, 0.15) is 5.92 Å². The zero-order valence-corrected chi connectivity index (χ0v) is 13.2. The molecule has 1 aliphatic rings. The molecular formula is C14H17BrN2O4. The number of amides is 1. The Balaban J connectivity index is 2.28. The molecule has 1 aromatic carbocycles. The number of carbonyl (C=O) groups excluding carboxylic acids is 1. The largest absolute Gasteiger partial charge is 0.481 e. The third-order valence-electron chi connectivity index (χ3n) is 3.54. The van der Waals surface area contributed by atoms with E-state index in [4.69, 9.17) is 10.5 Å². The average molecular weight is 357 g/mol. The number of hydrogen-bond donors (Lipinski definition) is 2. The summed E-state index contributed by atoms with van der Waals surface area (Å²) in [7, 11) is 0. The molecule has 0 saturated carbocycles. The molecule has 7 heteroatoms. The normalized spacial score (nSPS) is 21.2. The van der Waals surface area contributed by atoms with E-state index in [-0.39, 0.29) is 19.1 Å². The second-order valence-corrected chi connectivity index (χ2v) is 5.83. The van der Waals surface area contributed by atoms with Crippen molar-refractivity contribution in [1.29, 1.82) is 0 Å². The van der Waals surface area contributed by atoms with Gasteiger partial charge in [0.05, 0.1) is 19.3 Å². The standard InChI is InChI=1S/C14H17BrN2O4/c1-2-17(12-7-21-6-11(12)14(19)20)13(18)8-3-9(15)5-10(16)4-8/h3-5,11-12H,2,6-7,16H2,1H3,(H,19,20). The maximum atomic E-state index is 12.6. The van der Waals surface area contributed by atoms with E-state index in [1.54, 1.807) is 18.2 Å². The van der Waals surface area contributed by atoms with Crippen LogP contribution in [0.15, 0.2) is 22.7 Å². The van der Waals surface area contributed by atoms with E-state index in [1.165, 1.54) is 4.90 Å². The van der Waals surface area contributed by atoms with Gasteiger partial charge in [0, 0.05) is 22.3 Å². The first kappa shape index (κ1) is 15.8. The van der Waals surface area contributed by atoms with Crippen molar-refractivity contribution in [3.05, 3.63) is 28.2 Å². The van der Waals surface area contributed by atoms with Crippen LogP contribution in [-0.2, 0) is 9.53 Å². The molecule has 1 saturated heterocycles. The van der Waals surface area contributed by atoms with Gasteiger partial charge in [-0.15, -0.1) is 0 Å². The SMILES string of the molecule is CCN(C(=O)c1cc(N)cc(Br)c1)C1COCC1C(=O)O. The number of nitrogen functional groups attached to an aromatic ring is 1. The molecule has 0 aromatic heterocycles. The molecule has 1 heterocycles. The number of rotatable bonds is 4. The molecule has 0 aliphatic carbocycles. The molecule has 2 rings (SSSR count). The molecule has 0 bridgehead atoms. The van der Waals surface area contributed by atoms with Crippen LogP contribution in [0.4, 0.5) is 5.69 Å². The highest BCUT2D eigenvalue weighted by Gasteiger charge is 2.39. The van der Waals surface area contributed by atoms with Gasteiger partial charge in [-0.25, -0.2) is 0 Å². The Morgan fingerprint density at radius 3 is 2.71 bits per heavy atom. The van der Waals surface area contributed by atoms with Crippen molar-refractivity contribution in [2.45, 2.75) is 13.0 Å². The summed E-state index contributed by atoms with van der Waals surface area (Å²) in [5.74, 6) is -1.89. The fraction of sp³-hybridized carbons (Fsp3) is 0.429. The number of likely N-dealkylation sites (N-methyl/N-ethyl adjacent to an activating group) is 1. The van der Waals surface area contributed by atoms with Crippen LogP contribution >= 0.6 is 15.9 Å². The number of nitrogens with zero attached hydrogens (tertiary/aromatic N) is 1. The Bertz CT molecular complexity index is 544. The monoisotopic (exact) mass is 356 g/mol. The van der Waals surface area contributed by atoms with Gasteiger partial charge in [-0.3, -0.25) is 9.59 Å². The first-order valence-corrected chi connectivity index (χ1v) is 7.41. The smallest absolute Gasteiger partial charge is 0.311 e. The molecule has 2 atom stereocenters. The van der Waals surface area contributed by atoms with E-state index >= 15 is 0 Å². The fourth-order valence-electron chi connectivity index (χ4n) is 2.52. The number of nitrogens with two attached hydrogens (primary N) is 1. The first-order chi connectivity index (χ1) is 9.93. The highest BCUT2D eigenvalue weighted by Crippen LogP contribution is 2.24. The number of benzene rings is 1. The number of carbonyl (C=O) groups is 2. The molecule has 2 unspecified atom stereocenters. The first-order valence-electron chi connectivity index (χ1n) is 6.61. The summed E-state index contributed by atoms with van der Waals surface area (Å²) in [5.41, 5.74) is 6.65. The minimum Gasteiger partial charge on any atom is -0.481 e. The Kier molecular flexibility index (Phi) is 4.84. The zero-order chi connectivity index (χ0) is 15.6. The summed E-state index contributed by atoms with van der Waals surface area (Å²) < 4.78 is 5.95.